The number of nitrogens with zero attached hydrogens (tertiary/aromatic N) is 1. The molecule has 8 heteroatoms. The molecule has 1 amide bonds. The molecule has 2 N–H and O–H groups in total. The summed E-state index contributed by atoms with van der Waals surface area (Å²) >= 11 is 6.13. The topological polar surface area (TPSA) is 78.5 Å². The third kappa shape index (κ3) is 6.53. The van der Waals surface area contributed by atoms with E-state index in [0.29, 0.717) is 11.4 Å². The van der Waals surface area contributed by atoms with Gasteiger partial charge in [-0.2, -0.15) is 0 Å². The molecule has 146 valence electrons. The molecule has 0 bridgehead atoms. The molecule has 0 spiro atoms. The number of carbonyl (C=O) groups excluding carboxylic acids is 1. The number of carbonyl (C=O) groups is 1. The fourth-order valence-electron chi connectivity index (χ4n) is 2.57. The molecule has 0 aliphatic heterocycles. The zero-order valence-corrected chi connectivity index (χ0v) is 17.2. The first-order chi connectivity index (χ1) is 12.7. The van der Waals surface area contributed by atoms with Gasteiger partial charge in [-0.1, -0.05) is 37.6 Å². The zero-order chi connectivity index (χ0) is 20.0. The highest BCUT2D eigenvalue weighted by Crippen LogP contribution is 2.23. The first kappa shape index (κ1) is 21.2. The first-order valence-corrected chi connectivity index (χ1v) is 10.9. The Morgan fingerprint density at radius 2 is 1.63 bits per heavy atom. The molecule has 0 unspecified atom stereocenters. The summed E-state index contributed by atoms with van der Waals surface area (Å²) in [5.74, 6) is -0.359. The standard InChI is InChI=1S/C19H24ClN3O3S/c1-4-23(5-2)13-14-6-8-15(9-7-14)21-19(24)17-11-10-16(12-18(17)20)22-27(3,25)26/h6-12,22H,4-5,13H2,1-3H3,(H,21,24). The lowest BCUT2D eigenvalue weighted by atomic mass is 10.1. The average Bonchev–Trinajstić information content (AvgIpc) is 2.59. The Labute approximate surface area is 165 Å². The van der Waals surface area contributed by atoms with Gasteiger partial charge in [0, 0.05) is 17.9 Å². The van der Waals surface area contributed by atoms with Crippen LogP contribution < -0.4 is 10.0 Å². The molecule has 6 nitrogen and oxygen atoms in total. The maximum Gasteiger partial charge on any atom is 0.257 e. The van der Waals surface area contributed by atoms with E-state index >= 15 is 0 Å². The quantitative estimate of drug-likeness (QED) is 0.694. The van der Waals surface area contributed by atoms with Gasteiger partial charge in [-0.05, 0) is 49.0 Å². The number of hydrogen-bond acceptors (Lipinski definition) is 4. The maximum atomic E-state index is 12.4. The van der Waals surface area contributed by atoms with Crippen LogP contribution in [0.4, 0.5) is 11.4 Å². The Balaban J connectivity index is 2.06. The van der Waals surface area contributed by atoms with E-state index in [1.54, 1.807) is 0 Å². The van der Waals surface area contributed by atoms with Crippen LogP contribution in [0.2, 0.25) is 5.02 Å². The van der Waals surface area contributed by atoms with Gasteiger partial charge >= 0.3 is 0 Å². The first-order valence-electron chi connectivity index (χ1n) is 8.61. The Morgan fingerprint density at radius 3 is 2.15 bits per heavy atom. The van der Waals surface area contributed by atoms with Crippen molar-refractivity contribution in [1.82, 2.24) is 4.90 Å². The molecular formula is C19H24ClN3O3S. The average molecular weight is 410 g/mol. The molecule has 27 heavy (non-hydrogen) atoms. The number of amides is 1. The lowest BCUT2D eigenvalue weighted by molar-refractivity contribution is 0.102. The van der Waals surface area contributed by atoms with Gasteiger partial charge in [0.25, 0.3) is 5.91 Å². The summed E-state index contributed by atoms with van der Waals surface area (Å²) in [4.78, 5) is 14.7. The van der Waals surface area contributed by atoms with Gasteiger partial charge < -0.3 is 5.32 Å². The minimum Gasteiger partial charge on any atom is -0.322 e. The number of benzene rings is 2. The fraction of sp³-hybridized carbons (Fsp3) is 0.316. The molecule has 0 saturated heterocycles. The molecule has 0 aromatic heterocycles. The van der Waals surface area contributed by atoms with E-state index in [2.05, 4.69) is 28.8 Å². The Bertz CT molecular complexity index is 895. The van der Waals surface area contributed by atoms with E-state index in [-0.39, 0.29) is 16.5 Å². The molecule has 0 saturated carbocycles. The van der Waals surface area contributed by atoms with Crippen molar-refractivity contribution < 1.29 is 13.2 Å². The number of sulfonamides is 1. The lowest BCUT2D eigenvalue weighted by Gasteiger charge is -2.18. The summed E-state index contributed by atoms with van der Waals surface area (Å²) in [6.45, 7) is 7.08. The highest BCUT2D eigenvalue weighted by Gasteiger charge is 2.13. The van der Waals surface area contributed by atoms with E-state index in [9.17, 15) is 13.2 Å². The van der Waals surface area contributed by atoms with Crippen LogP contribution >= 0.6 is 11.6 Å². The SMILES string of the molecule is CCN(CC)Cc1ccc(NC(=O)c2ccc(NS(C)(=O)=O)cc2Cl)cc1. The summed E-state index contributed by atoms with van der Waals surface area (Å²) in [6, 6.07) is 12.1. The predicted octanol–water partition coefficient (Wildman–Crippen LogP) is 3.81. The van der Waals surface area contributed by atoms with Gasteiger partial charge in [0.15, 0.2) is 0 Å². The highest BCUT2D eigenvalue weighted by atomic mass is 35.5. The molecule has 0 radical (unpaired) electrons. The van der Waals surface area contributed by atoms with E-state index in [1.807, 2.05) is 24.3 Å². The van der Waals surface area contributed by atoms with Crippen molar-refractivity contribution in [3.8, 4) is 0 Å². The van der Waals surface area contributed by atoms with Gasteiger partial charge in [-0.15, -0.1) is 0 Å². The van der Waals surface area contributed by atoms with Gasteiger partial charge in [-0.25, -0.2) is 8.42 Å². The molecule has 0 aliphatic carbocycles. The van der Waals surface area contributed by atoms with Gasteiger partial charge in [0.2, 0.25) is 10.0 Å². The van der Waals surface area contributed by atoms with Crippen LogP contribution in [0.5, 0.6) is 0 Å². The highest BCUT2D eigenvalue weighted by molar-refractivity contribution is 7.92. The van der Waals surface area contributed by atoms with Crippen molar-refractivity contribution in [3.63, 3.8) is 0 Å². The van der Waals surface area contributed by atoms with Crippen molar-refractivity contribution in [2.75, 3.05) is 29.4 Å². The number of halogens is 1. The Hall–Kier alpha value is -2.09. The summed E-state index contributed by atoms with van der Waals surface area (Å²) in [5.41, 5.74) is 2.41. The molecule has 0 fully saturated rings. The fourth-order valence-corrected chi connectivity index (χ4v) is 3.40. The van der Waals surface area contributed by atoms with E-state index < -0.39 is 10.0 Å². The van der Waals surface area contributed by atoms with Crippen molar-refractivity contribution in [2.24, 2.45) is 0 Å². The van der Waals surface area contributed by atoms with Crippen LogP contribution in [0.3, 0.4) is 0 Å². The molecular weight excluding hydrogens is 386 g/mol. The van der Waals surface area contributed by atoms with Crippen LogP contribution in [0.25, 0.3) is 0 Å². The Kier molecular flexibility index (Phi) is 7.24. The molecule has 2 aromatic carbocycles. The number of hydrogen-bond donors (Lipinski definition) is 2. The smallest absolute Gasteiger partial charge is 0.257 e. The normalized spacial score (nSPS) is 11.4. The second-order valence-corrected chi connectivity index (χ2v) is 8.34. The minimum absolute atomic E-state index is 0.166. The van der Waals surface area contributed by atoms with Crippen molar-refractivity contribution in [1.29, 1.82) is 0 Å². The van der Waals surface area contributed by atoms with Crippen LogP contribution in [0, 0.1) is 0 Å². The van der Waals surface area contributed by atoms with Gasteiger partial charge in [0.1, 0.15) is 0 Å². The van der Waals surface area contributed by atoms with Crippen LogP contribution in [-0.4, -0.2) is 38.6 Å². The van der Waals surface area contributed by atoms with Gasteiger partial charge in [-0.3, -0.25) is 14.4 Å². The molecule has 0 atom stereocenters. The summed E-state index contributed by atoms with van der Waals surface area (Å²) in [5, 5.41) is 2.97. The minimum atomic E-state index is -3.41. The monoisotopic (exact) mass is 409 g/mol. The van der Waals surface area contributed by atoms with Crippen LogP contribution in [0.15, 0.2) is 42.5 Å². The molecule has 2 aromatic rings. The molecule has 2 rings (SSSR count). The maximum absolute atomic E-state index is 12.4. The molecule has 0 aliphatic rings. The predicted molar refractivity (Wildman–Crippen MR) is 111 cm³/mol. The summed E-state index contributed by atoms with van der Waals surface area (Å²) < 4.78 is 24.9. The van der Waals surface area contributed by atoms with Crippen molar-refractivity contribution in [2.45, 2.75) is 20.4 Å². The summed E-state index contributed by atoms with van der Waals surface area (Å²) in [6.07, 6.45) is 1.05. The Morgan fingerprint density at radius 1 is 1.04 bits per heavy atom. The zero-order valence-electron chi connectivity index (χ0n) is 15.6. The van der Waals surface area contributed by atoms with Crippen molar-refractivity contribution >= 4 is 38.9 Å². The second kappa shape index (κ2) is 9.21. The van der Waals surface area contributed by atoms with Crippen LogP contribution in [-0.2, 0) is 16.6 Å². The molecule has 0 heterocycles. The third-order valence-corrected chi connectivity index (χ3v) is 4.95. The van der Waals surface area contributed by atoms with E-state index in [1.165, 1.54) is 23.8 Å². The van der Waals surface area contributed by atoms with E-state index in [4.69, 9.17) is 11.6 Å². The lowest BCUT2D eigenvalue weighted by Crippen LogP contribution is -2.22. The van der Waals surface area contributed by atoms with Gasteiger partial charge in [0.05, 0.1) is 16.8 Å². The summed E-state index contributed by atoms with van der Waals surface area (Å²) in [7, 11) is -3.41. The number of anilines is 2. The van der Waals surface area contributed by atoms with Crippen LogP contribution in [0.1, 0.15) is 29.8 Å². The van der Waals surface area contributed by atoms with E-state index in [0.717, 1.165) is 25.9 Å². The number of rotatable bonds is 8. The third-order valence-electron chi connectivity index (χ3n) is 4.03. The number of nitrogens with one attached hydrogen (secondary N) is 2. The van der Waals surface area contributed by atoms with Crippen molar-refractivity contribution in [3.05, 3.63) is 58.6 Å². The second-order valence-electron chi connectivity index (χ2n) is 6.18. The largest absolute Gasteiger partial charge is 0.322 e.